The molecule has 2 saturated heterocycles. The van der Waals surface area contributed by atoms with Crippen LogP contribution in [-0.2, 0) is 14.3 Å². The Hall–Kier alpha value is -2.18. The predicted octanol–water partition coefficient (Wildman–Crippen LogP) is 2.18. The average Bonchev–Trinajstić information content (AvgIpc) is 2.92. The van der Waals surface area contributed by atoms with Gasteiger partial charge in [0.15, 0.2) is 0 Å². The molecule has 7 heteroatoms. The summed E-state index contributed by atoms with van der Waals surface area (Å²) in [5.74, 6) is -1.18. The molecule has 2 heterocycles. The van der Waals surface area contributed by atoms with Crippen LogP contribution in [0.1, 0.15) is 23.2 Å². The van der Waals surface area contributed by atoms with Crippen LogP contribution >= 0.6 is 11.6 Å². The summed E-state index contributed by atoms with van der Waals surface area (Å²) in [5, 5.41) is 0.640. The highest BCUT2D eigenvalue weighted by Crippen LogP contribution is 2.40. The van der Waals surface area contributed by atoms with Gasteiger partial charge in [0.05, 0.1) is 30.7 Å². The average molecular weight is 375 g/mol. The molecular weight excluding hydrogens is 356 g/mol. The van der Waals surface area contributed by atoms with E-state index < -0.39 is 0 Å². The molecule has 6 nitrogen and oxygen atoms in total. The van der Waals surface area contributed by atoms with Gasteiger partial charge in [0.1, 0.15) is 0 Å². The zero-order chi connectivity index (χ0) is 18.3. The summed E-state index contributed by atoms with van der Waals surface area (Å²) in [4.78, 5) is 40.8. The fourth-order valence-corrected chi connectivity index (χ4v) is 4.04. The number of anilines is 1. The number of hydrogen-bond acceptors (Lipinski definition) is 4. The Kier molecular flexibility index (Phi) is 4.54. The monoisotopic (exact) mass is 374 g/mol. The van der Waals surface area contributed by atoms with Gasteiger partial charge in [0.25, 0.3) is 5.91 Å². The lowest BCUT2D eigenvalue weighted by Gasteiger charge is -2.27. The summed E-state index contributed by atoms with van der Waals surface area (Å²) in [5.41, 5.74) is 1.04. The number of carbonyl (C=O) groups excluding carboxylic acids is 3. The van der Waals surface area contributed by atoms with Gasteiger partial charge < -0.3 is 9.64 Å². The zero-order valence-electron chi connectivity index (χ0n) is 14.2. The minimum absolute atomic E-state index is 0.0661. The first-order valence-electron chi connectivity index (χ1n) is 8.75. The minimum atomic E-state index is -0.380. The molecule has 0 saturated carbocycles. The van der Waals surface area contributed by atoms with E-state index in [0.717, 1.165) is 0 Å². The molecule has 1 aliphatic carbocycles. The number of ether oxygens (including phenoxy) is 1. The van der Waals surface area contributed by atoms with Crippen molar-refractivity contribution in [2.24, 2.45) is 11.8 Å². The van der Waals surface area contributed by atoms with Gasteiger partial charge in [-0.05, 0) is 37.1 Å². The highest BCUT2D eigenvalue weighted by Gasteiger charge is 2.48. The van der Waals surface area contributed by atoms with Gasteiger partial charge in [-0.15, -0.1) is 0 Å². The highest BCUT2D eigenvalue weighted by molar-refractivity contribution is 6.30. The summed E-state index contributed by atoms with van der Waals surface area (Å²) in [6, 6.07) is 6.66. The van der Waals surface area contributed by atoms with E-state index in [1.165, 1.54) is 4.90 Å². The Morgan fingerprint density at radius 3 is 2.38 bits per heavy atom. The Morgan fingerprint density at radius 1 is 1.04 bits per heavy atom. The van der Waals surface area contributed by atoms with Crippen molar-refractivity contribution in [1.82, 2.24) is 4.90 Å². The van der Waals surface area contributed by atoms with Crippen LogP contribution in [0.25, 0.3) is 0 Å². The second-order valence-corrected chi connectivity index (χ2v) is 7.25. The number of fused-ring (bicyclic) bond motifs is 1. The first-order valence-corrected chi connectivity index (χ1v) is 9.13. The highest BCUT2D eigenvalue weighted by atomic mass is 35.5. The first kappa shape index (κ1) is 17.2. The molecule has 136 valence electrons. The maximum absolute atomic E-state index is 12.7. The number of amides is 3. The van der Waals surface area contributed by atoms with Crippen molar-refractivity contribution in [3.05, 3.63) is 40.9 Å². The van der Waals surface area contributed by atoms with E-state index in [-0.39, 0.29) is 29.6 Å². The van der Waals surface area contributed by atoms with Crippen molar-refractivity contribution >= 4 is 35.0 Å². The lowest BCUT2D eigenvalue weighted by molar-refractivity contribution is -0.122. The molecule has 3 amide bonds. The van der Waals surface area contributed by atoms with Crippen molar-refractivity contribution in [2.45, 2.75) is 12.8 Å². The van der Waals surface area contributed by atoms with Gasteiger partial charge in [-0.3, -0.25) is 19.3 Å². The number of nitrogens with zero attached hydrogens (tertiary/aromatic N) is 2. The molecule has 2 fully saturated rings. The molecule has 1 aromatic carbocycles. The standard InChI is InChI=1S/C19H19ClN2O4/c20-13-3-6-15-16(11-13)19(25)22(18(15)24)14-4-1-12(2-5-14)17(23)21-7-9-26-10-8-21/h1-5,15-16H,6-11H2/t15-,16+/m0/s1. The molecule has 4 rings (SSSR count). The molecule has 2 atom stereocenters. The lowest BCUT2D eigenvalue weighted by atomic mass is 9.85. The maximum Gasteiger partial charge on any atom is 0.254 e. The predicted molar refractivity (Wildman–Crippen MR) is 95.8 cm³/mol. The van der Waals surface area contributed by atoms with Gasteiger partial charge in [-0.25, -0.2) is 0 Å². The summed E-state index contributed by atoms with van der Waals surface area (Å²) in [6.45, 7) is 2.22. The quantitative estimate of drug-likeness (QED) is 0.744. The number of hydrogen-bond donors (Lipinski definition) is 0. The van der Waals surface area contributed by atoms with Crippen LogP contribution in [0.4, 0.5) is 5.69 Å². The van der Waals surface area contributed by atoms with Gasteiger partial charge >= 0.3 is 0 Å². The van der Waals surface area contributed by atoms with E-state index in [9.17, 15) is 14.4 Å². The molecule has 1 aromatic rings. The van der Waals surface area contributed by atoms with Crippen LogP contribution < -0.4 is 4.90 Å². The van der Waals surface area contributed by atoms with E-state index in [4.69, 9.17) is 16.3 Å². The third-order valence-electron chi connectivity index (χ3n) is 5.24. The Labute approximate surface area is 156 Å². The number of imide groups is 1. The van der Waals surface area contributed by atoms with Crippen molar-refractivity contribution in [3.63, 3.8) is 0 Å². The van der Waals surface area contributed by atoms with Crippen molar-refractivity contribution in [1.29, 1.82) is 0 Å². The number of halogens is 1. The number of rotatable bonds is 2. The molecule has 0 aromatic heterocycles. The van der Waals surface area contributed by atoms with Crippen LogP contribution in [-0.4, -0.2) is 48.9 Å². The van der Waals surface area contributed by atoms with Crippen LogP contribution in [0.2, 0.25) is 0 Å². The maximum atomic E-state index is 12.7. The third-order valence-corrected chi connectivity index (χ3v) is 5.55. The molecule has 0 unspecified atom stereocenters. The summed E-state index contributed by atoms with van der Waals surface area (Å²) < 4.78 is 5.26. The van der Waals surface area contributed by atoms with Crippen molar-refractivity contribution < 1.29 is 19.1 Å². The molecule has 2 aliphatic heterocycles. The largest absolute Gasteiger partial charge is 0.378 e. The fourth-order valence-electron chi connectivity index (χ4n) is 3.78. The van der Waals surface area contributed by atoms with E-state index in [1.807, 2.05) is 6.08 Å². The Morgan fingerprint density at radius 2 is 1.69 bits per heavy atom. The number of benzene rings is 1. The van der Waals surface area contributed by atoms with Gasteiger partial charge in [0.2, 0.25) is 11.8 Å². The number of morpholine rings is 1. The molecular formula is C19H19ClN2O4. The topological polar surface area (TPSA) is 66.9 Å². The Bertz CT molecular complexity index is 783. The molecule has 3 aliphatic rings. The number of allylic oxidation sites excluding steroid dienone is 2. The minimum Gasteiger partial charge on any atom is -0.378 e. The van der Waals surface area contributed by atoms with Crippen molar-refractivity contribution in [2.75, 3.05) is 31.2 Å². The van der Waals surface area contributed by atoms with Gasteiger partial charge in [0, 0.05) is 23.7 Å². The summed E-state index contributed by atoms with van der Waals surface area (Å²) in [7, 11) is 0. The molecule has 26 heavy (non-hydrogen) atoms. The Balaban J connectivity index is 1.53. The molecule has 0 radical (unpaired) electrons. The lowest BCUT2D eigenvalue weighted by Crippen LogP contribution is -2.40. The van der Waals surface area contributed by atoms with Crippen LogP contribution in [0.3, 0.4) is 0 Å². The van der Waals surface area contributed by atoms with E-state index in [2.05, 4.69) is 0 Å². The van der Waals surface area contributed by atoms with E-state index in [1.54, 1.807) is 29.2 Å². The molecule has 0 spiro atoms. The van der Waals surface area contributed by atoms with Crippen LogP contribution in [0, 0.1) is 11.8 Å². The second kappa shape index (κ2) is 6.85. The van der Waals surface area contributed by atoms with E-state index >= 15 is 0 Å². The summed E-state index contributed by atoms with van der Waals surface area (Å²) in [6.07, 6.45) is 2.74. The first-order chi connectivity index (χ1) is 12.6. The molecule has 0 bridgehead atoms. The van der Waals surface area contributed by atoms with E-state index in [0.29, 0.717) is 55.4 Å². The third kappa shape index (κ3) is 2.93. The summed E-state index contributed by atoms with van der Waals surface area (Å²) >= 11 is 6.05. The second-order valence-electron chi connectivity index (χ2n) is 6.77. The van der Waals surface area contributed by atoms with Crippen LogP contribution in [0.5, 0.6) is 0 Å². The molecule has 0 N–H and O–H groups in total. The smallest absolute Gasteiger partial charge is 0.254 e. The fraction of sp³-hybridized carbons (Fsp3) is 0.421. The zero-order valence-corrected chi connectivity index (χ0v) is 14.9. The van der Waals surface area contributed by atoms with Crippen molar-refractivity contribution in [3.8, 4) is 0 Å². The number of carbonyl (C=O) groups is 3. The van der Waals surface area contributed by atoms with Gasteiger partial charge in [-0.1, -0.05) is 17.7 Å². The van der Waals surface area contributed by atoms with Crippen LogP contribution in [0.15, 0.2) is 35.4 Å². The SMILES string of the molecule is O=C(c1ccc(N2C(=O)[C@H]3CC=C(Cl)C[C@H]3C2=O)cc1)N1CCOCC1. The van der Waals surface area contributed by atoms with Gasteiger partial charge in [-0.2, -0.15) is 0 Å². The normalized spacial score (nSPS) is 26.0.